The molecule has 0 saturated carbocycles. The van der Waals surface area contributed by atoms with Crippen LogP contribution in [0.2, 0.25) is 0 Å². The predicted octanol–water partition coefficient (Wildman–Crippen LogP) is 5.92. The maximum absolute atomic E-state index is 12.5. The molecule has 0 atom stereocenters. The second-order valence-electron chi connectivity index (χ2n) is 11.2. The fraction of sp³-hybridized carbons (Fsp3) is 0.0526. The van der Waals surface area contributed by atoms with Crippen LogP contribution in [-0.4, -0.2) is 39.0 Å². The van der Waals surface area contributed by atoms with Gasteiger partial charge in [-0.1, -0.05) is 121 Å². The van der Waals surface area contributed by atoms with Gasteiger partial charge in [0, 0.05) is 36.3 Å². The molecule has 250 valence electrons. The van der Waals surface area contributed by atoms with Crippen LogP contribution in [0, 0.1) is 0 Å². The van der Waals surface area contributed by atoms with Gasteiger partial charge in [-0.15, -0.1) is 0 Å². The van der Waals surface area contributed by atoms with E-state index in [1.807, 2.05) is 121 Å². The van der Waals surface area contributed by atoms with E-state index < -0.39 is 0 Å². The molecule has 13 heteroatoms. The van der Waals surface area contributed by atoms with Crippen molar-refractivity contribution in [3.05, 3.63) is 142 Å². The Morgan fingerprint density at radius 2 is 0.667 bits per heavy atom. The molecular formula is C38H26FeN8O2S2. The zero-order chi connectivity index (χ0) is 34.8. The normalized spacial score (nSPS) is 10.7. The monoisotopic (exact) mass is 746 g/mol. The van der Waals surface area contributed by atoms with Gasteiger partial charge in [-0.2, -0.15) is 0 Å². The third kappa shape index (κ3) is 7.01. The van der Waals surface area contributed by atoms with Crippen molar-refractivity contribution >= 4 is 47.6 Å². The Morgan fingerprint density at radius 1 is 0.412 bits per heavy atom. The fourth-order valence-electron chi connectivity index (χ4n) is 5.31. The molecule has 0 aliphatic heterocycles. The van der Waals surface area contributed by atoms with Crippen LogP contribution in [-0.2, 0) is 56.4 Å². The van der Waals surface area contributed by atoms with Crippen molar-refractivity contribution in [2.45, 2.75) is 10.3 Å². The van der Waals surface area contributed by atoms with Gasteiger partial charge >= 0.3 is 17.1 Å². The summed E-state index contributed by atoms with van der Waals surface area (Å²) in [5.74, 6) is 0. The summed E-state index contributed by atoms with van der Waals surface area (Å²) in [4.78, 5) is 52.1. The molecule has 4 aromatic carbocycles. The first-order valence-electron chi connectivity index (χ1n) is 15.4. The molecule has 10 nitrogen and oxygen atoms in total. The van der Waals surface area contributed by atoms with E-state index in [2.05, 4.69) is 29.9 Å². The molecule has 8 aromatic rings. The van der Waals surface area contributed by atoms with E-state index in [1.54, 1.807) is 14.1 Å². The van der Waals surface area contributed by atoms with Gasteiger partial charge in [-0.25, -0.2) is 29.9 Å². The second kappa shape index (κ2) is 15.0. The molecule has 0 fully saturated rings. The van der Waals surface area contributed by atoms with Crippen molar-refractivity contribution in [2.75, 3.05) is 0 Å². The average Bonchev–Trinajstić information content (AvgIpc) is 3.17. The number of aromatic nitrogens is 8. The molecule has 0 bridgehead atoms. The Labute approximate surface area is 313 Å². The van der Waals surface area contributed by atoms with Crippen LogP contribution in [0.1, 0.15) is 0 Å². The van der Waals surface area contributed by atoms with E-state index in [9.17, 15) is 9.59 Å². The van der Waals surface area contributed by atoms with Gasteiger partial charge < -0.3 is 34.4 Å². The van der Waals surface area contributed by atoms with Crippen molar-refractivity contribution in [1.82, 2.24) is 39.0 Å². The molecule has 0 N–H and O–H groups in total. The van der Waals surface area contributed by atoms with E-state index in [0.717, 1.165) is 22.3 Å². The summed E-state index contributed by atoms with van der Waals surface area (Å²) < 4.78 is 2.62. The molecule has 4 aromatic heterocycles. The molecule has 0 saturated heterocycles. The first-order chi connectivity index (χ1) is 24.3. The van der Waals surface area contributed by atoms with Gasteiger partial charge in [-0.05, 0) is 10.3 Å². The molecule has 4 heterocycles. The molecule has 0 aliphatic rings. The quantitative estimate of drug-likeness (QED) is 0.122. The van der Waals surface area contributed by atoms with Gasteiger partial charge in [-0.3, -0.25) is 9.59 Å². The van der Waals surface area contributed by atoms with Crippen molar-refractivity contribution in [2.24, 2.45) is 14.1 Å². The Hall–Kier alpha value is -5.72. The van der Waals surface area contributed by atoms with Crippen LogP contribution in [0.15, 0.2) is 141 Å². The van der Waals surface area contributed by atoms with Gasteiger partial charge in [0.05, 0.1) is 22.8 Å². The van der Waals surface area contributed by atoms with Gasteiger partial charge in [0.25, 0.3) is 11.1 Å². The van der Waals surface area contributed by atoms with E-state index in [1.165, 1.54) is 9.13 Å². The largest absolute Gasteiger partial charge is 2.00 e. The summed E-state index contributed by atoms with van der Waals surface area (Å²) in [6.45, 7) is 0. The Balaban J connectivity index is 0.000000172. The summed E-state index contributed by atoms with van der Waals surface area (Å²) in [6.07, 6.45) is 0. The first-order valence-corrected chi connectivity index (χ1v) is 16.2. The van der Waals surface area contributed by atoms with E-state index in [0.29, 0.717) is 22.8 Å². The van der Waals surface area contributed by atoms with Crippen LogP contribution in [0.4, 0.5) is 0 Å². The van der Waals surface area contributed by atoms with E-state index >= 15 is 0 Å². The van der Waals surface area contributed by atoms with Crippen LogP contribution in [0.5, 0.6) is 0 Å². The minimum atomic E-state index is -0.292. The molecule has 0 radical (unpaired) electrons. The average molecular weight is 747 g/mol. The molecule has 51 heavy (non-hydrogen) atoms. The maximum atomic E-state index is 12.5. The summed E-state index contributed by atoms with van der Waals surface area (Å²) in [7, 11) is 3.18. The smallest absolute Gasteiger partial charge is 0.742 e. The molecule has 0 unspecified atom stereocenters. The second-order valence-corrected chi connectivity index (χ2v) is 11.9. The zero-order valence-electron chi connectivity index (χ0n) is 27.1. The van der Waals surface area contributed by atoms with Gasteiger partial charge in [0.15, 0.2) is 22.3 Å². The Kier molecular flexibility index (Phi) is 10.4. The molecule has 0 spiro atoms. The van der Waals surface area contributed by atoms with Crippen LogP contribution in [0.3, 0.4) is 0 Å². The number of rotatable bonds is 4. The Bertz CT molecular complexity index is 2440. The number of nitrogens with zero attached hydrogens (tertiary/aromatic N) is 8. The van der Waals surface area contributed by atoms with Crippen molar-refractivity contribution < 1.29 is 17.1 Å². The van der Waals surface area contributed by atoms with Crippen molar-refractivity contribution in [3.63, 3.8) is 0 Å². The predicted molar refractivity (Wildman–Crippen MR) is 198 cm³/mol. The summed E-state index contributed by atoms with van der Waals surface area (Å²) >= 11 is 10.3. The number of hydrogen-bond acceptors (Lipinski definition) is 10. The molecular weight excluding hydrogens is 720 g/mol. The first kappa shape index (κ1) is 35.1. The van der Waals surface area contributed by atoms with Crippen LogP contribution < -0.4 is 11.1 Å². The Morgan fingerprint density at radius 3 is 0.941 bits per heavy atom. The fourth-order valence-corrected chi connectivity index (χ4v) is 5.65. The van der Waals surface area contributed by atoms with E-state index in [-0.39, 0.29) is 60.8 Å². The maximum Gasteiger partial charge on any atom is 2.00 e. The summed E-state index contributed by atoms with van der Waals surface area (Å²) in [5.41, 5.74) is 6.63. The van der Waals surface area contributed by atoms with Crippen LogP contribution >= 0.6 is 0 Å². The standard InChI is InChI=1S/2C19H14N4OS.Fe/c2*1-23-18(24)16-17(22-19(23)25)21-15(13-10-6-3-7-11-13)14(20-16)12-8-4-2-5-9-12;/h2*2-11H,1H3,(H,21,22,25);/q;;+2/p-2. The minimum Gasteiger partial charge on any atom is -0.742 e. The van der Waals surface area contributed by atoms with Crippen molar-refractivity contribution in [3.8, 4) is 45.0 Å². The number of benzene rings is 4. The van der Waals surface area contributed by atoms with E-state index in [4.69, 9.17) is 25.3 Å². The van der Waals surface area contributed by atoms with Gasteiger partial charge in [0.1, 0.15) is 0 Å². The van der Waals surface area contributed by atoms with Gasteiger partial charge in [0.2, 0.25) is 0 Å². The third-order valence-electron chi connectivity index (χ3n) is 7.94. The third-order valence-corrected chi connectivity index (χ3v) is 8.67. The summed E-state index contributed by atoms with van der Waals surface area (Å²) in [6, 6.07) is 38.8. The zero-order valence-corrected chi connectivity index (χ0v) is 29.8. The van der Waals surface area contributed by atoms with Crippen molar-refractivity contribution in [1.29, 1.82) is 0 Å². The topological polar surface area (TPSA) is 121 Å². The molecule has 0 aliphatic carbocycles. The molecule has 8 rings (SSSR count). The molecule has 0 amide bonds. The number of hydrogen-bond donors (Lipinski definition) is 0. The minimum absolute atomic E-state index is 0. The number of fused-ring (bicyclic) bond motifs is 2. The van der Waals surface area contributed by atoms with Crippen LogP contribution in [0.25, 0.3) is 67.4 Å². The summed E-state index contributed by atoms with van der Waals surface area (Å²) in [5, 5.41) is 0.386. The SMILES string of the molecule is Cn1c([S-])nc2nc(-c3ccccc3)c(-c3ccccc3)nc2c1=O.Cn1c([S-])nc2nc(-c3ccccc3)c(-c3ccccc3)nc2c1=O.[Fe+2].